The van der Waals surface area contributed by atoms with Crippen molar-refractivity contribution in [2.75, 3.05) is 18.4 Å². The van der Waals surface area contributed by atoms with Gasteiger partial charge in [-0.1, -0.05) is 0 Å². The molecule has 2 heterocycles. The van der Waals surface area contributed by atoms with Crippen LogP contribution in [-0.2, 0) is 9.59 Å². The van der Waals surface area contributed by atoms with Gasteiger partial charge in [-0.3, -0.25) is 9.59 Å². The molecule has 9 heteroatoms. The number of nitrogens with one attached hydrogen (secondary N) is 1. The van der Waals surface area contributed by atoms with Gasteiger partial charge in [-0.25, -0.2) is 4.98 Å². The third-order valence-electron chi connectivity index (χ3n) is 3.79. The molecule has 1 aromatic carbocycles. The molecule has 0 spiro atoms. The number of hydrogen-bond donors (Lipinski definition) is 1. The number of amides is 2. The highest BCUT2D eigenvalue weighted by Gasteiger charge is 2.40. The number of alkyl halides is 3. The first-order chi connectivity index (χ1) is 11.8. The van der Waals surface area contributed by atoms with Crippen LogP contribution in [-0.4, -0.2) is 41.0 Å². The summed E-state index contributed by atoms with van der Waals surface area (Å²) in [4.78, 5) is 28.7. The second kappa shape index (κ2) is 6.83. The van der Waals surface area contributed by atoms with E-state index in [1.54, 1.807) is 30.5 Å². The predicted molar refractivity (Wildman–Crippen MR) is 86.9 cm³/mol. The summed E-state index contributed by atoms with van der Waals surface area (Å²) in [7, 11) is 0. The fraction of sp³-hybridized carbons (Fsp3) is 0.312. The number of carbonyl (C=O) groups is 2. The largest absolute Gasteiger partial charge is 0.406 e. The first kappa shape index (κ1) is 17.4. The Balaban J connectivity index is 1.60. The zero-order valence-corrected chi connectivity index (χ0v) is 13.7. The molecule has 25 heavy (non-hydrogen) atoms. The number of nitrogens with zero attached hydrogens (tertiary/aromatic N) is 2. The quantitative estimate of drug-likeness (QED) is 0.901. The standard InChI is InChI=1S/C16H14F3N3O2S/c17-16(18,19)9-22-8-11(7-13(22)23)14(24)21-12-3-1-10(2-4-12)15-20-5-6-25-15/h1-6,11H,7-9H2,(H,21,24)/t11-/m1/s1. The molecule has 3 rings (SSSR count). The van der Waals surface area contributed by atoms with Crippen molar-refractivity contribution in [3.8, 4) is 10.6 Å². The molecule has 0 bridgehead atoms. The van der Waals surface area contributed by atoms with E-state index in [0.717, 1.165) is 10.6 Å². The Morgan fingerprint density at radius 1 is 1.32 bits per heavy atom. The second-order valence-electron chi connectivity index (χ2n) is 5.69. The molecule has 1 aromatic heterocycles. The van der Waals surface area contributed by atoms with Crippen LogP contribution in [0, 0.1) is 5.92 Å². The number of anilines is 1. The minimum absolute atomic E-state index is 0.209. The summed E-state index contributed by atoms with van der Waals surface area (Å²) in [6, 6.07) is 6.98. The fourth-order valence-corrected chi connectivity index (χ4v) is 3.27. The molecule has 1 fully saturated rings. The third-order valence-corrected chi connectivity index (χ3v) is 4.61. The molecule has 2 aromatic rings. The number of thiazole rings is 1. The van der Waals surface area contributed by atoms with Crippen molar-refractivity contribution < 1.29 is 22.8 Å². The van der Waals surface area contributed by atoms with Crippen LogP contribution in [0.25, 0.3) is 10.6 Å². The van der Waals surface area contributed by atoms with Gasteiger partial charge in [0.1, 0.15) is 11.6 Å². The van der Waals surface area contributed by atoms with Gasteiger partial charge in [0.15, 0.2) is 0 Å². The molecular weight excluding hydrogens is 355 g/mol. The first-order valence-corrected chi connectivity index (χ1v) is 8.35. The van der Waals surface area contributed by atoms with Gasteiger partial charge in [0.05, 0.1) is 5.92 Å². The molecule has 0 radical (unpaired) electrons. The Hall–Kier alpha value is -2.42. The average molecular weight is 369 g/mol. The van der Waals surface area contributed by atoms with E-state index in [1.165, 1.54) is 11.3 Å². The monoisotopic (exact) mass is 369 g/mol. The highest BCUT2D eigenvalue weighted by molar-refractivity contribution is 7.13. The van der Waals surface area contributed by atoms with E-state index in [9.17, 15) is 22.8 Å². The first-order valence-electron chi connectivity index (χ1n) is 7.47. The molecule has 0 unspecified atom stereocenters. The Morgan fingerprint density at radius 3 is 2.64 bits per heavy atom. The molecule has 1 aliphatic rings. The van der Waals surface area contributed by atoms with Crippen LogP contribution in [0.2, 0.25) is 0 Å². The van der Waals surface area contributed by atoms with Crippen molar-refractivity contribution >= 4 is 28.8 Å². The second-order valence-corrected chi connectivity index (χ2v) is 6.59. The predicted octanol–water partition coefficient (Wildman–Crippen LogP) is 3.16. The Kier molecular flexibility index (Phi) is 4.76. The SMILES string of the molecule is O=C(Nc1ccc(-c2nccs2)cc1)[C@@H]1CC(=O)N(CC(F)(F)F)C1. The van der Waals surface area contributed by atoms with Crippen LogP contribution in [0.1, 0.15) is 6.42 Å². The van der Waals surface area contributed by atoms with Crippen LogP contribution in [0.15, 0.2) is 35.8 Å². The maximum atomic E-state index is 12.4. The van der Waals surface area contributed by atoms with Crippen LogP contribution in [0.4, 0.5) is 18.9 Å². The maximum Gasteiger partial charge on any atom is 0.406 e. The van der Waals surface area contributed by atoms with E-state index in [4.69, 9.17) is 0 Å². The van der Waals surface area contributed by atoms with Crippen LogP contribution in [0.3, 0.4) is 0 Å². The topological polar surface area (TPSA) is 62.3 Å². The van der Waals surface area contributed by atoms with E-state index in [-0.39, 0.29) is 13.0 Å². The summed E-state index contributed by atoms with van der Waals surface area (Å²) in [6.45, 7) is -1.54. The maximum absolute atomic E-state index is 12.4. The summed E-state index contributed by atoms with van der Waals surface area (Å²) < 4.78 is 37.2. The molecule has 1 atom stereocenters. The Labute approximate surface area is 145 Å². The summed E-state index contributed by atoms with van der Waals surface area (Å²) in [5.41, 5.74) is 1.42. The number of carbonyl (C=O) groups excluding carboxylic acids is 2. The lowest BCUT2D eigenvalue weighted by Gasteiger charge is -2.18. The van der Waals surface area contributed by atoms with Crippen molar-refractivity contribution in [3.05, 3.63) is 35.8 Å². The number of likely N-dealkylation sites (tertiary alicyclic amines) is 1. The molecule has 0 aliphatic carbocycles. The van der Waals surface area contributed by atoms with E-state index in [2.05, 4.69) is 10.3 Å². The van der Waals surface area contributed by atoms with E-state index in [0.29, 0.717) is 10.6 Å². The minimum Gasteiger partial charge on any atom is -0.333 e. The van der Waals surface area contributed by atoms with E-state index < -0.39 is 30.5 Å². The molecule has 132 valence electrons. The van der Waals surface area contributed by atoms with Crippen molar-refractivity contribution in [1.29, 1.82) is 0 Å². The van der Waals surface area contributed by atoms with Crippen molar-refractivity contribution in [3.63, 3.8) is 0 Å². The highest BCUT2D eigenvalue weighted by Crippen LogP contribution is 2.26. The number of hydrogen-bond acceptors (Lipinski definition) is 4. The van der Waals surface area contributed by atoms with Gasteiger partial charge in [-0.05, 0) is 24.3 Å². The zero-order valence-electron chi connectivity index (χ0n) is 12.9. The molecular formula is C16H14F3N3O2S. The summed E-state index contributed by atoms with van der Waals surface area (Å²) in [5, 5.41) is 5.35. The van der Waals surface area contributed by atoms with Gasteiger partial charge >= 0.3 is 6.18 Å². The summed E-state index contributed by atoms with van der Waals surface area (Å²) in [5.74, 6) is -1.90. The number of benzene rings is 1. The highest BCUT2D eigenvalue weighted by atomic mass is 32.1. The molecule has 5 nitrogen and oxygen atoms in total. The molecule has 1 N–H and O–H groups in total. The Morgan fingerprint density at radius 2 is 2.04 bits per heavy atom. The van der Waals surface area contributed by atoms with Crippen molar-refractivity contribution in [2.24, 2.45) is 5.92 Å². The lowest BCUT2D eigenvalue weighted by molar-refractivity contribution is -0.157. The van der Waals surface area contributed by atoms with Gasteiger partial charge < -0.3 is 10.2 Å². The van der Waals surface area contributed by atoms with Gasteiger partial charge in [-0.2, -0.15) is 13.2 Å². The lowest BCUT2D eigenvalue weighted by atomic mass is 10.1. The van der Waals surface area contributed by atoms with Gasteiger partial charge in [0, 0.05) is 35.8 Å². The molecule has 2 amide bonds. The minimum atomic E-state index is -4.47. The number of rotatable bonds is 4. The average Bonchev–Trinajstić information content (AvgIpc) is 3.17. The van der Waals surface area contributed by atoms with Crippen molar-refractivity contribution in [2.45, 2.75) is 12.6 Å². The van der Waals surface area contributed by atoms with Gasteiger partial charge in [0.2, 0.25) is 11.8 Å². The number of halogens is 3. The molecule has 1 saturated heterocycles. The molecule has 0 saturated carbocycles. The Bertz CT molecular complexity index is 760. The molecule has 1 aliphatic heterocycles. The zero-order chi connectivity index (χ0) is 18.0. The van der Waals surface area contributed by atoms with Gasteiger partial charge in [0.25, 0.3) is 0 Å². The van der Waals surface area contributed by atoms with Gasteiger partial charge in [-0.15, -0.1) is 11.3 Å². The smallest absolute Gasteiger partial charge is 0.333 e. The normalized spacial score (nSPS) is 17.8. The third kappa shape index (κ3) is 4.36. The van der Waals surface area contributed by atoms with Crippen molar-refractivity contribution in [1.82, 2.24) is 9.88 Å². The summed E-state index contributed by atoms with van der Waals surface area (Å²) in [6.07, 6.45) is -2.98. The van der Waals surface area contributed by atoms with Crippen LogP contribution >= 0.6 is 11.3 Å². The van der Waals surface area contributed by atoms with Crippen LogP contribution in [0.5, 0.6) is 0 Å². The number of aromatic nitrogens is 1. The van der Waals surface area contributed by atoms with E-state index >= 15 is 0 Å². The van der Waals surface area contributed by atoms with Crippen LogP contribution < -0.4 is 5.32 Å². The summed E-state index contributed by atoms with van der Waals surface area (Å²) >= 11 is 1.49. The lowest BCUT2D eigenvalue weighted by Crippen LogP contribution is -2.36. The fourth-order valence-electron chi connectivity index (χ4n) is 2.62. The van der Waals surface area contributed by atoms with E-state index in [1.807, 2.05) is 5.38 Å².